The third-order valence-corrected chi connectivity index (χ3v) is 2.62. The van der Waals surface area contributed by atoms with E-state index >= 15 is 0 Å². The van der Waals surface area contributed by atoms with Crippen LogP contribution in [0.3, 0.4) is 0 Å². The molecule has 1 aliphatic heterocycles. The maximum Gasteiger partial charge on any atom is 0.312 e. The van der Waals surface area contributed by atoms with Crippen molar-refractivity contribution in [2.24, 2.45) is 5.73 Å². The monoisotopic (exact) mass is 239 g/mol. The molecule has 2 rings (SSSR count). The molecule has 1 atom stereocenters. The molecular formula is C11H13NO5. The van der Waals surface area contributed by atoms with Crippen LogP contribution in [0.1, 0.15) is 11.5 Å². The second kappa shape index (κ2) is 4.50. The third kappa shape index (κ3) is 1.99. The normalized spacial score (nSPS) is 14.5. The van der Waals surface area contributed by atoms with E-state index in [1.54, 1.807) is 12.1 Å². The lowest BCUT2D eigenvalue weighted by atomic mass is 9.98. The van der Waals surface area contributed by atoms with Crippen molar-refractivity contribution in [3.8, 4) is 17.2 Å². The zero-order chi connectivity index (χ0) is 12.4. The van der Waals surface area contributed by atoms with E-state index < -0.39 is 11.9 Å². The minimum atomic E-state index is -0.978. The summed E-state index contributed by atoms with van der Waals surface area (Å²) in [7, 11) is 1.49. The van der Waals surface area contributed by atoms with Crippen molar-refractivity contribution in [3.63, 3.8) is 0 Å². The van der Waals surface area contributed by atoms with E-state index in [0.717, 1.165) is 0 Å². The van der Waals surface area contributed by atoms with Crippen LogP contribution in [0.2, 0.25) is 0 Å². The molecule has 3 N–H and O–H groups in total. The smallest absolute Gasteiger partial charge is 0.312 e. The van der Waals surface area contributed by atoms with E-state index in [1.807, 2.05) is 0 Å². The molecule has 0 saturated heterocycles. The zero-order valence-electron chi connectivity index (χ0n) is 9.30. The summed E-state index contributed by atoms with van der Waals surface area (Å²) in [5.41, 5.74) is 5.99. The van der Waals surface area contributed by atoms with Gasteiger partial charge in [0.1, 0.15) is 0 Å². The van der Waals surface area contributed by atoms with Crippen LogP contribution in [0.15, 0.2) is 12.1 Å². The van der Waals surface area contributed by atoms with Gasteiger partial charge in [-0.05, 0) is 17.7 Å². The van der Waals surface area contributed by atoms with Crippen LogP contribution in [0, 0.1) is 0 Å². The van der Waals surface area contributed by atoms with Crippen molar-refractivity contribution in [1.29, 1.82) is 0 Å². The lowest BCUT2D eigenvalue weighted by Crippen LogP contribution is -2.21. The number of fused-ring (bicyclic) bond motifs is 1. The number of aliphatic carboxylic acids is 1. The molecule has 1 unspecified atom stereocenters. The molecule has 0 fully saturated rings. The zero-order valence-corrected chi connectivity index (χ0v) is 9.30. The molecule has 0 spiro atoms. The van der Waals surface area contributed by atoms with Crippen LogP contribution in [0.25, 0.3) is 0 Å². The summed E-state index contributed by atoms with van der Waals surface area (Å²) in [5, 5.41) is 9.05. The molecule has 0 aliphatic carbocycles. The predicted octanol–water partition coefficient (Wildman–Crippen LogP) is 0.551. The fraction of sp³-hybridized carbons (Fsp3) is 0.364. The highest BCUT2D eigenvalue weighted by Crippen LogP contribution is 2.43. The molecule has 1 aromatic rings. The first-order chi connectivity index (χ1) is 8.17. The number of nitrogens with two attached hydrogens (primary N) is 1. The van der Waals surface area contributed by atoms with E-state index in [-0.39, 0.29) is 13.3 Å². The van der Waals surface area contributed by atoms with Gasteiger partial charge in [0.2, 0.25) is 12.5 Å². The van der Waals surface area contributed by atoms with Gasteiger partial charge in [0.15, 0.2) is 11.5 Å². The maximum absolute atomic E-state index is 11.0. The Morgan fingerprint density at radius 1 is 1.59 bits per heavy atom. The van der Waals surface area contributed by atoms with Crippen molar-refractivity contribution >= 4 is 5.97 Å². The van der Waals surface area contributed by atoms with Crippen LogP contribution < -0.4 is 19.9 Å². The SMILES string of the molecule is COc1cc(C(CN)C(=O)O)cc2c1OCO2. The van der Waals surface area contributed by atoms with Crippen molar-refractivity contribution in [2.75, 3.05) is 20.4 Å². The topological polar surface area (TPSA) is 91.0 Å². The fourth-order valence-electron chi connectivity index (χ4n) is 1.73. The van der Waals surface area contributed by atoms with Gasteiger partial charge in [0.05, 0.1) is 13.0 Å². The number of carbonyl (C=O) groups is 1. The van der Waals surface area contributed by atoms with Gasteiger partial charge in [-0.2, -0.15) is 0 Å². The molecule has 1 aliphatic rings. The molecule has 0 radical (unpaired) electrons. The molecule has 1 heterocycles. The lowest BCUT2D eigenvalue weighted by Gasteiger charge is -2.13. The molecule has 17 heavy (non-hydrogen) atoms. The molecule has 6 heteroatoms. The van der Waals surface area contributed by atoms with Crippen LogP contribution in [-0.4, -0.2) is 31.5 Å². The van der Waals surface area contributed by atoms with Crippen molar-refractivity contribution in [2.45, 2.75) is 5.92 Å². The van der Waals surface area contributed by atoms with Gasteiger partial charge in [-0.3, -0.25) is 4.79 Å². The summed E-state index contributed by atoms with van der Waals surface area (Å²) >= 11 is 0. The molecule has 0 aromatic heterocycles. The largest absolute Gasteiger partial charge is 0.493 e. The van der Waals surface area contributed by atoms with Crippen LogP contribution in [0.4, 0.5) is 0 Å². The van der Waals surface area contributed by atoms with E-state index in [4.69, 9.17) is 25.1 Å². The van der Waals surface area contributed by atoms with Crippen molar-refractivity contribution in [3.05, 3.63) is 17.7 Å². The minimum absolute atomic E-state index is 0.0120. The van der Waals surface area contributed by atoms with Gasteiger partial charge in [-0.1, -0.05) is 0 Å². The highest BCUT2D eigenvalue weighted by molar-refractivity contribution is 5.77. The van der Waals surface area contributed by atoms with Gasteiger partial charge in [0, 0.05) is 6.54 Å². The van der Waals surface area contributed by atoms with E-state index in [0.29, 0.717) is 22.8 Å². The molecule has 0 bridgehead atoms. The second-order valence-corrected chi connectivity index (χ2v) is 3.58. The van der Waals surface area contributed by atoms with Crippen LogP contribution >= 0.6 is 0 Å². The molecule has 0 amide bonds. The summed E-state index contributed by atoms with van der Waals surface area (Å²) < 4.78 is 15.6. The Kier molecular flexibility index (Phi) is 3.06. The number of ether oxygens (including phenoxy) is 3. The van der Waals surface area contributed by atoms with Crippen LogP contribution in [-0.2, 0) is 4.79 Å². The minimum Gasteiger partial charge on any atom is -0.493 e. The highest BCUT2D eigenvalue weighted by atomic mass is 16.7. The Morgan fingerprint density at radius 2 is 2.35 bits per heavy atom. The standard InChI is InChI=1S/C11H13NO5/c1-15-8-2-6(7(4-12)11(13)14)3-9-10(8)17-5-16-9/h2-3,7H,4-5,12H2,1H3,(H,13,14). The number of hydrogen-bond acceptors (Lipinski definition) is 5. The van der Waals surface area contributed by atoms with Crippen LogP contribution in [0.5, 0.6) is 17.2 Å². The number of rotatable bonds is 4. The summed E-state index contributed by atoms with van der Waals surface area (Å²) in [5.74, 6) is -0.321. The quantitative estimate of drug-likeness (QED) is 0.797. The molecule has 1 aromatic carbocycles. The predicted molar refractivity (Wildman–Crippen MR) is 58.5 cm³/mol. The van der Waals surface area contributed by atoms with E-state index in [9.17, 15) is 4.79 Å². The summed E-state index contributed by atoms with van der Waals surface area (Å²) in [4.78, 5) is 11.0. The van der Waals surface area contributed by atoms with E-state index in [2.05, 4.69) is 0 Å². The number of benzene rings is 1. The molecule has 0 saturated carbocycles. The van der Waals surface area contributed by atoms with Gasteiger partial charge < -0.3 is 25.1 Å². The lowest BCUT2D eigenvalue weighted by molar-refractivity contribution is -0.138. The third-order valence-electron chi connectivity index (χ3n) is 2.62. The summed E-state index contributed by atoms with van der Waals surface area (Å²) in [6, 6.07) is 3.23. The first-order valence-electron chi connectivity index (χ1n) is 5.07. The molecular weight excluding hydrogens is 226 g/mol. The summed E-state index contributed by atoms with van der Waals surface area (Å²) in [6.45, 7) is 0.119. The highest BCUT2D eigenvalue weighted by Gasteiger charge is 2.25. The Bertz CT molecular complexity index is 446. The maximum atomic E-state index is 11.0. The van der Waals surface area contributed by atoms with Crippen molar-refractivity contribution in [1.82, 2.24) is 0 Å². The molecule has 92 valence electrons. The number of carboxylic acids is 1. The second-order valence-electron chi connectivity index (χ2n) is 3.58. The van der Waals surface area contributed by atoms with Gasteiger partial charge in [-0.25, -0.2) is 0 Å². The van der Waals surface area contributed by atoms with Gasteiger partial charge >= 0.3 is 5.97 Å². The first kappa shape index (κ1) is 11.5. The molecule has 6 nitrogen and oxygen atoms in total. The average Bonchev–Trinajstić information content (AvgIpc) is 2.76. The number of hydrogen-bond donors (Lipinski definition) is 2. The summed E-state index contributed by atoms with van der Waals surface area (Å²) in [6.07, 6.45) is 0. The van der Waals surface area contributed by atoms with Gasteiger partial charge in [-0.15, -0.1) is 0 Å². The first-order valence-corrected chi connectivity index (χ1v) is 5.07. The van der Waals surface area contributed by atoms with E-state index in [1.165, 1.54) is 7.11 Å². The Balaban J connectivity index is 2.45. The number of carboxylic acid groups (broad SMARTS) is 1. The Morgan fingerprint density at radius 3 is 2.94 bits per heavy atom. The van der Waals surface area contributed by atoms with Gasteiger partial charge in [0.25, 0.3) is 0 Å². The Labute approximate surface area is 97.9 Å². The van der Waals surface area contributed by atoms with Crippen molar-refractivity contribution < 1.29 is 24.1 Å². The Hall–Kier alpha value is -1.95. The fourth-order valence-corrected chi connectivity index (χ4v) is 1.73. The average molecular weight is 239 g/mol. The number of methoxy groups -OCH3 is 1.